The van der Waals surface area contributed by atoms with Gasteiger partial charge in [0.2, 0.25) is 0 Å². The molecule has 0 N–H and O–H groups in total. The summed E-state index contributed by atoms with van der Waals surface area (Å²) in [6.07, 6.45) is 2.89. The first-order chi connectivity index (χ1) is 6.74. The molecule has 1 heterocycles. The van der Waals surface area contributed by atoms with Gasteiger partial charge < -0.3 is 4.42 Å². The number of halogens is 1. The number of rotatable bonds is 3. The van der Waals surface area contributed by atoms with Crippen LogP contribution in [0.5, 0.6) is 0 Å². The van der Waals surface area contributed by atoms with Gasteiger partial charge in [-0.25, -0.2) is 0 Å². The van der Waals surface area contributed by atoms with E-state index in [4.69, 9.17) is 4.42 Å². The van der Waals surface area contributed by atoms with Crippen molar-refractivity contribution in [2.24, 2.45) is 0 Å². The molecule has 1 aromatic rings. The van der Waals surface area contributed by atoms with E-state index in [0.29, 0.717) is 10.4 Å². The lowest BCUT2D eigenvalue weighted by atomic mass is 10.2. The zero-order valence-electron chi connectivity index (χ0n) is 7.97. The van der Waals surface area contributed by atoms with Crippen LogP contribution in [-0.2, 0) is 0 Å². The molecule has 0 amide bonds. The molecule has 0 bridgehead atoms. The van der Waals surface area contributed by atoms with Crippen LogP contribution in [0.15, 0.2) is 21.2 Å². The summed E-state index contributed by atoms with van der Waals surface area (Å²) in [5.41, 5.74) is 0. The monoisotopic (exact) mass is 254 g/mol. The van der Waals surface area contributed by atoms with Crippen LogP contribution in [-0.4, -0.2) is 5.78 Å². The molecule has 0 atom stereocenters. The van der Waals surface area contributed by atoms with Crippen LogP contribution in [0.2, 0.25) is 0 Å². The van der Waals surface area contributed by atoms with E-state index in [9.17, 15) is 4.79 Å². The van der Waals surface area contributed by atoms with Crippen molar-refractivity contribution in [2.45, 2.75) is 26.2 Å². The summed E-state index contributed by atoms with van der Waals surface area (Å²) in [6, 6.07) is 3.29. The van der Waals surface area contributed by atoms with E-state index in [1.165, 1.54) is 0 Å². The SMILES string of the molecule is CCCCC#CC(=O)c1ccc(Br)o1. The second-order valence-electron chi connectivity index (χ2n) is 2.84. The average molecular weight is 255 g/mol. The van der Waals surface area contributed by atoms with E-state index in [0.717, 1.165) is 19.3 Å². The highest BCUT2D eigenvalue weighted by Crippen LogP contribution is 2.13. The van der Waals surface area contributed by atoms with Crippen LogP contribution in [0, 0.1) is 11.8 Å². The highest BCUT2D eigenvalue weighted by Gasteiger charge is 2.06. The minimum absolute atomic E-state index is 0.258. The first-order valence-corrected chi connectivity index (χ1v) is 5.32. The van der Waals surface area contributed by atoms with Gasteiger partial charge in [-0.2, -0.15) is 0 Å². The Bertz CT molecular complexity index is 368. The summed E-state index contributed by atoms with van der Waals surface area (Å²) in [7, 11) is 0. The second-order valence-corrected chi connectivity index (χ2v) is 3.62. The van der Waals surface area contributed by atoms with Gasteiger partial charge in [-0.15, -0.1) is 0 Å². The van der Waals surface area contributed by atoms with Gasteiger partial charge in [-0.3, -0.25) is 4.79 Å². The predicted octanol–water partition coefficient (Wildman–Crippen LogP) is 3.42. The van der Waals surface area contributed by atoms with E-state index in [1.807, 2.05) is 0 Å². The second kappa shape index (κ2) is 5.66. The molecular formula is C11H11BrO2. The lowest BCUT2D eigenvalue weighted by Crippen LogP contribution is -1.91. The van der Waals surface area contributed by atoms with Gasteiger partial charge in [0.15, 0.2) is 10.4 Å². The Hall–Kier alpha value is -1.01. The standard InChI is InChI=1S/C11H11BrO2/c1-2-3-4-5-6-9(13)10-7-8-11(12)14-10/h7-8H,2-4H2,1H3. The largest absolute Gasteiger partial charge is 0.445 e. The highest BCUT2D eigenvalue weighted by atomic mass is 79.9. The molecule has 1 rings (SSSR count). The number of hydrogen-bond acceptors (Lipinski definition) is 2. The van der Waals surface area contributed by atoms with Crippen molar-refractivity contribution < 1.29 is 9.21 Å². The fourth-order valence-corrected chi connectivity index (χ4v) is 1.21. The maximum absolute atomic E-state index is 11.3. The highest BCUT2D eigenvalue weighted by molar-refractivity contribution is 9.10. The Labute approximate surface area is 91.8 Å². The van der Waals surface area contributed by atoms with E-state index in [-0.39, 0.29) is 5.78 Å². The first-order valence-electron chi connectivity index (χ1n) is 4.52. The summed E-state index contributed by atoms with van der Waals surface area (Å²) in [5.74, 6) is 5.40. The molecule has 14 heavy (non-hydrogen) atoms. The van der Waals surface area contributed by atoms with Crippen LogP contribution >= 0.6 is 15.9 Å². The summed E-state index contributed by atoms with van der Waals surface area (Å²) >= 11 is 3.13. The Kier molecular flexibility index (Phi) is 4.48. The molecule has 0 saturated heterocycles. The molecule has 1 aromatic heterocycles. The molecular weight excluding hydrogens is 244 g/mol. The minimum atomic E-state index is -0.258. The van der Waals surface area contributed by atoms with Crippen molar-refractivity contribution in [3.05, 3.63) is 22.6 Å². The average Bonchev–Trinajstić information content (AvgIpc) is 2.59. The van der Waals surface area contributed by atoms with E-state index in [2.05, 4.69) is 34.7 Å². The summed E-state index contributed by atoms with van der Waals surface area (Å²) < 4.78 is 5.62. The fourth-order valence-electron chi connectivity index (χ4n) is 0.906. The molecule has 74 valence electrons. The molecule has 0 aromatic carbocycles. The normalized spacial score (nSPS) is 9.29. The zero-order valence-corrected chi connectivity index (χ0v) is 9.56. The van der Waals surface area contributed by atoms with Gasteiger partial charge in [-0.1, -0.05) is 19.3 Å². The number of unbranched alkanes of at least 4 members (excludes halogenated alkanes) is 2. The molecule has 0 unspecified atom stereocenters. The van der Waals surface area contributed by atoms with Crippen LogP contribution in [0.4, 0.5) is 0 Å². The van der Waals surface area contributed by atoms with Gasteiger partial charge >= 0.3 is 0 Å². The maximum Gasteiger partial charge on any atom is 0.271 e. The van der Waals surface area contributed by atoms with E-state index in [1.54, 1.807) is 12.1 Å². The van der Waals surface area contributed by atoms with Gasteiger partial charge in [0, 0.05) is 6.42 Å². The number of carbonyl (C=O) groups excluding carboxylic acids is 1. The Morgan fingerprint density at radius 1 is 1.57 bits per heavy atom. The molecule has 2 nitrogen and oxygen atoms in total. The third kappa shape index (κ3) is 3.39. The van der Waals surface area contributed by atoms with Crippen molar-refractivity contribution in [3.8, 4) is 11.8 Å². The van der Waals surface area contributed by atoms with Crippen LogP contribution in [0.1, 0.15) is 36.7 Å². The molecule has 0 aliphatic carbocycles. The minimum Gasteiger partial charge on any atom is -0.445 e. The Morgan fingerprint density at radius 3 is 2.93 bits per heavy atom. The molecule has 0 spiro atoms. The Morgan fingerprint density at radius 2 is 2.36 bits per heavy atom. The lowest BCUT2D eigenvalue weighted by Gasteiger charge is -1.85. The summed E-state index contributed by atoms with van der Waals surface area (Å²) in [6.45, 7) is 2.09. The molecule has 0 aliphatic heterocycles. The molecule has 0 radical (unpaired) electrons. The summed E-state index contributed by atoms with van der Waals surface area (Å²) in [4.78, 5) is 11.3. The van der Waals surface area contributed by atoms with Gasteiger partial charge in [0.1, 0.15) is 0 Å². The maximum atomic E-state index is 11.3. The number of ketones is 1. The Balaban J connectivity index is 2.53. The molecule has 0 fully saturated rings. The number of furan rings is 1. The van der Waals surface area contributed by atoms with E-state index >= 15 is 0 Å². The first kappa shape index (κ1) is 11.1. The van der Waals surface area contributed by atoms with Crippen LogP contribution in [0.3, 0.4) is 0 Å². The predicted molar refractivity (Wildman–Crippen MR) is 58.0 cm³/mol. The van der Waals surface area contributed by atoms with Gasteiger partial charge in [0.05, 0.1) is 0 Å². The van der Waals surface area contributed by atoms with Crippen molar-refractivity contribution in [2.75, 3.05) is 0 Å². The van der Waals surface area contributed by atoms with Crippen molar-refractivity contribution in [1.82, 2.24) is 0 Å². The topological polar surface area (TPSA) is 30.2 Å². The quantitative estimate of drug-likeness (QED) is 0.358. The van der Waals surface area contributed by atoms with Gasteiger partial charge in [0.25, 0.3) is 5.78 Å². The number of carbonyl (C=O) groups is 1. The molecule has 3 heteroatoms. The van der Waals surface area contributed by atoms with E-state index < -0.39 is 0 Å². The lowest BCUT2D eigenvalue weighted by molar-refractivity contribution is 0.103. The third-order valence-electron chi connectivity index (χ3n) is 1.65. The van der Waals surface area contributed by atoms with Crippen molar-refractivity contribution in [1.29, 1.82) is 0 Å². The number of hydrogen-bond donors (Lipinski definition) is 0. The van der Waals surface area contributed by atoms with Crippen molar-refractivity contribution in [3.63, 3.8) is 0 Å². The van der Waals surface area contributed by atoms with Gasteiger partial charge in [-0.05, 0) is 40.4 Å². The van der Waals surface area contributed by atoms with Crippen LogP contribution < -0.4 is 0 Å². The summed E-state index contributed by atoms with van der Waals surface area (Å²) in [5, 5.41) is 0. The van der Waals surface area contributed by atoms with Crippen LogP contribution in [0.25, 0.3) is 0 Å². The third-order valence-corrected chi connectivity index (χ3v) is 2.08. The van der Waals surface area contributed by atoms with Crippen molar-refractivity contribution >= 4 is 21.7 Å². The smallest absolute Gasteiger partial charge is 0.271 e. The fraction of sp³-hybridized carbons (Fsp3) is 0.364. The number of Topliss-reactive ketones (excluding diaryl/α,β-unsaturated/α-hetero) is 1. The molecule has 0 saturated carbocycles. The molecule has 0 aliphatic rings. The zero-order chi connectivity index (χ0) is 10.4.